The van der Waals surface area contributed by atoms with Crippen LogP contribution in [0.5, 0.6) is 11.5 Å². The van der Waals surface area contributed by atoms with Crippen molar-refractivity contribution in [2.45, 2.75) is 33.6 Å². The Morgan fingerprint density at radius 1 is 0.657 bits per heavy atom. The van der Waals surface area contributed by atoms with E-state index in [4.69, 9.17) is 9.47 Å². The molecule has 180 valence electrons. The monoisotopic (exact) mass is 474 g/mol. The zero-order chi connectivity index (χ0) is 25.4. The van der Waals surface area contributed by atoms with Gasteiger partial charge in [0, 0.05) is 35.3 Å². The second kappa shape index (κ2) is 11.6. The molecule has 8 heteroatoms. The molecular weight excluding hydrogens is 448 g/mol. The Morgan fingerprint density at radius 2 is 1.11 bits per heavy atom. The van der Waals surface area contributed by atoms with Crippen LogP contribution < -0.4 is 20.1 Å². The largest absolute Gasteiger partial charge is 0.417 e. The summed E-state index contributed by atoms with van der Waals surface area (Å²) in [6, 6.07) is 17.6. The molecule has 0 fully saturated rings. The molecule has 0 bridgehead atoms. The maximum Gasteiger partial charge on any atom is 0.417 e. The molecule has 3 aromatic rings. The fourth-order valence-corrected chi connectivity index (χ4v) is 3.15. The van der Waals surface area contributed by atoms with Gasteiger partial charge in [-0.25, -0.2) is 9.59 Å². The summed E-state index contributed by atoms with van der Waals surface area (Å²) in [7, 11) is 0. The van der Waals surface area contributed by atoms with Crippen LogP contribution in [0.1, 0.15) is 53.0 Å². The molecule has 0 saturated heterocycles. The fraction of sp³-hybridized carbons (Fsp3) is 0.185. The minimum atomic E-state index is -0.723. The number of amides is 2. The van der Waals surface area contributed by atoms with Crippen molar-refractivity contribution in [1.82, 2.24) is 0 Å². The van der Waals surface area contributed by atoms with Gasteiger partial charge in [0.25, 0.3) is 0 Å². The number of ether oxygens (including phenoxy) is 2. The number of hydrogen-bond donors (Lipinski definition) is 2. The first-order chi connectivity index (χ1) is 16.8. The number of Topliss-reactive ketones (excluding diaryl/α,β-unsaturated/α-hetero) is 2. The number of aryl methyl sites for hydroxylation is 1. The molecule has 0 heterocycles. The average Bonchev–Trinajstić information content (AvgIpc) is 2.86. The van der Waals surface area contributed by atoms with Crippen LogP contribution in [-0.4, -0.2) is 23.8 Å². The highest BCUT2D eigenvalue weighted by molar-refractivity contribution is 5.97. The maximum absolute atomic E-state index is 12.3. The third-order valence-electron chi connectivity index (χ3n) is 5.14. The van der Waals surface area contributed by atoms with Crippen molar-refractivity contribution in [2.75, 3.05) is 10.6 Å². The van der Waals surface area contributed by atoms with E-state index in [1.165, 1.54) is 0 Å². The molecule has 0 radical (unpaired) electrons. The minimum Gasteiger partial charge on any atom is -0.410 e. The van der Waals surface area contributed by atoms with Crippen molar-refractivity contribution in [2.24, 2.45) is 0 Å². The zero-order valence-electron chi connectivity index (χ0n) is 19.7. The number of ketones is 2. The van der Waals surface area contributed by atoms with Crippen molar-refractivity contribution in [1.29, 1.82) is 0 Å². The van der Waals surface area contributed by atoms with E-state index in [2.05, 4.69) is 10.6 Å². The minimum absolute atomic E-state index is 0.00261. The lowest BCUT2D eigenvalue weighted by molar-refractivity contribution is 0.0980. The van der Waals surface area contributed by atoms with E-state index in [0.717, 1.165) is 5.56 Å². The SMILES string of the molecule is CCC(=O)c1ccc(OC(=O)Nc2ccc(C)c(NC(=O)Oc3ccc(C(=O)CC)cc3)c2)cc1. The lowest BCUT2D eigenvalue weighted by Gasteiger charge is -2.12. The third kappa shape index (κ3) is 7.01. The first kappa shape index (κ1) is 25.2. The number of rotatable bonds is 8. The van der Waals surface area contributed by atoms with Gasteiger partial charge >= 0.3 is 12.2 Å². The number of hydrogen-bond acceptors (Lipinski definition) is 6. The molecule has 0 saturated carbocycles. The topological polar surface area (TPSA) is 111 Å². The Bertz CT molecular complexity index is 1230. The molecule has 3 aromatic carbocycles. The highest BCUT2D eigenvalue weighted by Crippen LogP contribution is 2.22. The summed E-state index contributed by atoms with van der Waals surface area (Å²) in [6.45, 7) is 5.35. The number of anilines is 2. The van der Waals surface area contributed by atoms with E-state index >= 15 is 0 Å². The fourth-order valence-electron chi connectivity index (χ4n) is 3.15. The van der Waals surface area contributed by atoms with E-state index in [1.807, 2.05) is 0 Å². The van der Waals surface area contributed by atoms with Crippen LogP contribution in [0.4, 0.5) is 21.0 Å². The molecule has 8 nitrogen and oxygen atoms in total. The summed E-state index contributed by atoms with van der Waals surface area (Å²) in [5, 5.41) is 5.24. The number of nitrogens with one attached hydrogen (secondary N) is 2. The Hall–Kier alpha value is -4.46. The summed E-state index contributed by atoms with van der Waals surface area (Å²) in [5.74, 6) is 0.582. The van der Waals surface area contributed by atoms with Gasteiger partial charge in [-0.05, 0) is 73.2 Å². The molecule has 0 unspecified atom stereocenters. The molecule has 2 amide bonds. The molecule has 0 spiro atoms. The first-order valence-corrected chi connectivity index (χ1v) is 11.1. The van der Waals surface area contributed by atoms with E-state index in [9.17, 15) is 19.2 Å². The molecule has 2 N–H and O–H groups in total. The van der Waals surface area contributed by atoms with Gasteiger partial charge in [-0.15, -0.1) is 0 Å². The van der Waals surface area contributed by atoms with Crippen molar-refractivity contribution < 1.29 is 28.7 Å². The second-order valence-corrected chi connectivity index (χ2v) is 7.66. The van der Waals surface area contributed by atoms with Crippen LogP contribution >= 0.6 is 0 Å². The number of carbonyl (C=O) groups excluding carboxylic acids is 4. The average molecular weight is 475 g/mol. The van der Waals surface area contributed by atoms with E-state index in [0.29, 0.717) is 35.3 Å². The van der Waals surface area contributed by atoms with Crippen molar-refractivity contribution >= 4 is 35.1 Å². The zero-order valence-corrected chi connectivity index (χ0v) is 19.7. The molecule has 0 aliphatic heterocycles. The van der Waals surface area contributed by atoms with Crippen LogP contribution in [0.25, 0.3) is 0 Å². The summed E-state index contributed by atoms with van der Waals surface area (Å²) in [6.07, 6.45) is -0.656. The molecule has 0 aliphatic rings. The predicted molar refractivity (Wildman–Crippen MR) is 133 cm³/mol. The quantitative estimate of drug-likeness (QED) is 0.365. The lowest BCUT2D eigenvalue weighted by Crippen LogP contribution is -2.19. The normalized spacial score (nSPS) is 10.3. The van der Waals surface area contributed by atoms with Crippen molar-refractivity contribution in [3.05, 3.63) is 83.4 Å². The summed E-state index contributed by atoms with van der Waals surface area (Å²) >= 11 is 0. The van der Waals surface area contributed by atoms with E-state index < -0.39 is 12.2 Å². The highest BCUT2D eigenvalue weighted by atomic mass is 16.6. The van der Waals surface area contributed by atoms with Gasteiger partial charge in [0.2, 0.25) is 0 Å². The molecular formula is C27H26N2O6. The molecule has 0 aliphatic carbocycles. The van der Waals surface area contributed by atoms with Crippen molar-refractivity contribution in [3.8, 4) is 11.5 Å². The van der Waals surface area contributed by atoms with Gasteiger partial charge < -0.3 is 9.47 Å². The first-order valence-electron chi connectivity index (χ1n) is 11.1. The lowest BCUT2D eigenvalue weighted by atomic mass is 10.1. The van der Waals surface area contributed by atoms with Crippen LogP contribution in [0.3, 0.4) is 0 Å². The maximum atomic E-state index is 12.3. The third-order valence-corrected chi connectivity index (χ3v) is 5.14. The molecule has 0 aromatic heterocycles. The van der Waals surface area contributed by atoms with Crippen LogP contribution in [0.2, 0.25) is 0 Å². The smallest absolute Gasteiger partial charge is 0.410 e. The second-order valence-electron chi connectivity index (χ2n) is 7.66. The highest BCUT2D eigenvalue weighted by Gasteiger charge is 2.12. The van der Waals surface area contributed by atoms with Crippen LogP contribution in [-0.2, 0) is 0 Å². The van der Waals surface area contributed by atoms with Crippen molar-refractivity contribution in [3.63, 3.8) is 0 Å². The van der Waals surface area contributed by atoms with Gasteiger partial charge in [-0.3, -0.25) is 20.2 Å². The van der Waals surface area contributed by atoms with E-state index in [-0.39, 0.29) is 23.1 Å². The molecule has 3 rings (SSSR count). The van der Waals surface area contributed by atoms with Gasteiger partial charge in [-0.1, -0.05) is 19.9 Å². The van der Waals surface area contributed by atoms with Crippen LogP contribution in [0.15, 0.2) is 66.7 Å². The predicted octanol–water partition coefficient (Wildman–Crippen LogP) is 6.40. The Balaban J connectivity index is 1.59. The van der Waals surface area contributed by atoms with Gasteiger partial charge in [0.15, 0.2) is 11.6 Å². The van der Waals surface area contributed by atoms with Gasteiger partial charge in [0.05, 0.1) is 0 Å². The molecule has 0 atom stereocenters. The Morgan fingerprint density at radius 3 is 1.57 bits per heavy atom. The Labute approximate surface area is 203 Å². The van der Waals surface area contributed by atoms with Gasteiger partial charge in [-0.2, -0.15) is 0 Å². The summed E-state index contributed by atoms with van der Waals surface area (Å²) in [4.78, 5) is 48.0. The van der Waals surface area contributed by atoms with Gasteiger partial charge in [0.1, 0.15) is 11.5 Å². The van der Waals surface area contributed by atoms with E-state index in [1.54, 1.807) is 87.5 Å². The molecule has 35 heavy (non-hydrogen) atoms. The summed E-state index contributed by atoms with van der Waals surface area (Å²) < 4.78 is 10.5. The van der Waals surface area contributed by atoms with Crippen LogP contribution in [0, 0.1) is 6.92 Å². The number of benzene rings is 3. The number of carbonyl (C=O) groups is 4. The Kier molecular flexibility index (Phi) is 8.34. The standard InChI is InChI=1S/C27H26N2O6/c1-4-24(30)18-7-12-21(13-8-18)34-26(32)28-20-11-6-17(3)23(16-20)29-27(33)35-22-14-9-19(10-15-22)25(31)5-2/h6-16H,4-5H2,1-3H3,(H,28,32)(H,29,33). The summed E-state index contributed by atoms with van der Waals surface area (Å²) in [5.41, 5.74) is 2.68.